The van der Waals surface area contributed by atoms with Crippen molar-refractivity contribution in [2.75, 3.05) is 26.1 Å². The first-order chi connectivity index (χ1) is 12.6. The first-order valence-corrected chi connectivity index (χ1v) is 7.73. The van der Waals surface area contributed by atoms with Crippen LogP contribution in [0.3, 0.4) is 0 Å². The third-order valence-corrected chi connectivity index (χ3v) is 3.69. The van der Waals surface area contributed by atoms with Crippen molar-refractivity contribution in [3.8, 4) is 11.5 Å². The van der Waals surface area contributed by atoms with E-state index in [4.69, 9.17) is 14.2 Å². The van der Waals surface area contributed by atoms with Gasteiger partial charge in [0.15, 0.2) is 6.61 Å². The lowest BCUT2D eigenvalue weighted by Crippen LogP contribution is -2.21. The van der Waals surface area contributed by atoms with E-state index in [0.717, 1.165) is 5.39 Å². The van der Waals surface area contributed by atoms with E-state index >= 15 is 0 Å². The molecular formula is C18H17N3O5. The number of nitrogens with zero attached hydrogens (tertiary/aromatic N) is 1. The van der Waals surface area contributed by atoms with Crippen LogP contribution >= 0.6 is 0 Å². The molecule has 2 aromatic carbocycles. The summed E-state index contributed by atoms with van der Waals surface area (Å²) in [7, 11) is 3.01. The zero-order chi connectivity index (χ0) is 18.5. The van der Waals surface area contributed by atoms with Crippen LogP contribution in [0, 0.1) is 0 Å². The molecule has 1 amide bonds. The summed E-state index contributed by atoms with van der Waals surface area (Å²) in [5.41, 5.74) is 1.46. The standard InChI is InChI=1S/C18H17N3O5/c1-24-13-5-6-16(25-2)15(8-13)20-17(22)10-26-18(23)11-3-4-12-9-19-21-14(12)7-11/h3-9H,10H2,1-2H3,(H,19,21)(H,20,22). The summed E-state index contributed by atoms with van der Waals surface area (Å²) in [4.78, 5) is 24.2. The molecule has 3 rings (SSSR count). The molecule has 1 heterocycles. The Balaban J connectivity index is 1.62. The number of hydrogen-bond donors (Lipinski definition) is 2. The molecule has 8 nitrogen and oxygen atoms in total. The lowest BCUT2D eigenvalue weighted by molar-refractivity contribution is -0.119. The largest absolute Gasteiger partial charge is 0.497 e. The Morgan fingerprint density at radius 1 is 1.12 bits per heavy atom. The molecular weight excluding hydrogens is 338 g/mol. The molecule has 0 saturated carbocycles. The molecule has 2 N–H and O–H groups in total. The number of H-pyrrole nitrogens is 1. The fourth-order valence-corrected chi connectivity index (χ4v) is 2.38. The van der Waals surface area contributed by atoms with Crippen LogP contribution < -0.4 is 14.8 Å². The first-order valence-electron chi connectivity index (χ1n) is 7.73. The summed E-state index contributed by atoms with van der Waals surface area (Å²) in [5, 5.41) is 10.2. The van der Waals surface area contributed by atoms with Gasteiger partial charge in [0.2, 0.25) is 0 Å². The third-order valence-electron chi connectivity index (χ3n) is 3.69. The van der Waals surface area contributed by atoms with Crippen LogP contribution in [0.4, 0.5) is 5.69 Å². The number of anilines is 1. The summed E-state index contributed by atoms with van der Waals surface area (Å²) >= 11 is 0. The highest BCUT2D eigenvalue weighted by Crippen LogP contribution is 2.28. The van der Waals surface area contributed by atoms with Crippen molar-refractivity contribution < 1.29 is 23.8 Å². The number of rotatable bonds is 6. The van der Waals surface area contributed by atoms with Gasteiger partial charge in [0.25, 0.3) is 5.91 Å². The van der Waals surface area contributed by atoms with E-state index in [1.54, 1.807) is 42.6 Å². The number of esters is 1. The summed E-state index contributed by atoms with van der Waals surface area (Å²) in [6.07, 6.45) is 1.65. The van der Waals surface area contributed by atoms with Crippen molar-refractivity contribution in [2.45, 2.75) is 0 Å². The van der Waals surface area contributed by atoms with Crippen LogP contribution in [0.2, 0.25) is 0 Å². The van der Waals surface area contributed by atoms with E-state index in [0.29, 0.717) is 28.3 Å². The number of carbonyl (C=O) groups is 2. The molecule has 0 aliphatic heterocycles. The Hall–Kier alpha value is -3.55. The van der Waals surface area contributed by atoms with Crippen LogP contribution in [-0.4, -0.2) is 42.9 Å². The Morgan fingerprint density at radius 2 is 1.96 bits per heavy atom. The number of amides is 1. The van der Waals surface area contributed by atoms with E-state index in [-0.39, 0.29) is 0 Å². The predicted molar refractivity (Wildman–Crippen MR) is 94.6 cm³/mol. The molecule has 0 aliphatic carbocycles. The number of benzene rings is 2. The van der Waals surface area contributed by atoms with Crippen molar-refractivity contribution in [2.24, 2.45) is 0 Å². The number of aromatic nitrogens is 2. The maximum absolute atomic E-state index is 12.1. The molecule has 26 heavy (non-hydrogen) atoms. The number of ether oxygens (including phenoxy) is 3. The van der Waals surface area contributed by atoms with E-state index < -0.39 is 18.5 Å². The minimum atomic E-state index is -0.603. The SMILES string of the molecule is COc1ccc(OC)c(NC(=O)COC(=O)c2ccc3cn[nH]c3c2)c1. The van der Waals surface area contributed by atoms with Crippen molar-refractivity contribution in [1.29, 1.82) is 0 Å². The van der Waals surface area contributed by atoms with Gasteiger partial charge in [0.1, 0.15) is 11.5 Å². The molecule has 0 saturated heterocycles. The zero-order valence-electron chi connectivity index (χ0n) is 14.2. The second-order valence-corrected chi connectivity index (χ2v) is 5.36. The Morgan fingerprint density at radius 3 is 2.73 bits per heavy atom. The summed E-state index contributed by atoms with van der Waals surface area (Å²) in [5.74, 6) is -0.0668. The maximum atomic E-state index is 12.1. The Labute approximate surface area is 149 Å². The zero-order valence-corrected chi connectivity index (χ0v) is 14.2. The minimum Gasteiger partial charge on any atom is -0.497 e. The van der Waals surface area contributed by atoms with Gasteiger partial charge in [-0.05, 0) is 24.3 Å². The molecule has 134 valence electrons. The number of hydrogen-bond acceptors (Lipinski definition) is 6. The smallest absolute Gasteiger partial charge is 0.338 e. The van der Waals surface area contributed by atoms with Gasteiger partial charge in [-0.1, -0.05) is 6.07 Å². The normalized spacial score (nSPS) is 10.4. The lowest BCUT2D eigenvalue weighted by Gasteiger charge is -2.12. The van der Waals surface area contributed by atoms with Gasteiger partial charge in [0.05, 0.1) is 37.2 Å². The minimum absolute atomic E-state index is 0.327. The van der Waals surface area contributed by atoms with Gasteiger partial charge in [0, 0.05) is 11.5 Å². The molecule has 8 heteroatoms. The number of carbonyl (C=O) groups excluding carboxylic acids is 2. The molecule has 0 radical (unpaired) electrons. The molecule has 3 aromatic rings. The van der Waals surface area contributed by atoms with Crippen LogP contribution in [0.15, 0.2) is 42.6 Å². The molecule has 0 unspecified atom stereocenters. The molecule has 0 aliphatic rings. The number of fused-ring (bicyclic) bond motifs is 1. The average molecular weight is 355 g/mol. The summed E-state index contributed by atoms with van der Waals surface area (Å²) in [6, 6.07) is 9.97. The van der Waals surface area contributed by atoms with Crippen molar-refractivity contribution in [3.63, 3.8) is 0 Å². The lowest BCUT2D eigenvalue weighted by atomic mass is 10.2. The molecule has 1 aromatic heterocycles. The van der Waals surface area contributed by atoms with Gasteiger partial charge in [-0.25, -0.2) is 4.79 Å². The van der Waals surface area contributed by atoms with Crippen LogP contribution in [0.1, 0.15) is 10.4 Å². The molecule has 0 atom stereocenters. The number of nitrogens with one attached hydrogen (secondary N) is 2. The molecule has 0 bridgehead atoms. The van der Waals surface area contributed by atoms with E-state index in [1.807, 2.05) is 0 Å². The predicted octanol–water partition coefficient (Wildman–Crippen LogP) is 2.38. The van der Waals surface area contributed by atoms with Gasteiger partial charge in [-0.15, -0.1) is 0 Å². The van der Waals surface area contributed by atoms with Gasteiger partial charge in [-0.3, -0.25) is 9.89 Å². The highest BCUT2D eigenvalue weighted by Gasteiger charge is 2.13. The Bertz CT molecular complexity index is 951. The highest BCUT2D eigenvalue weighted by atomic mass is 16.5. The third kappa shape index (κ3) is 3.75. The molecule has 0 fully saturated rings. The molecule has 0 spiro atoms. The Kier molecular flexibility index (Phi) is 5.02. The van der Waals surface area contributed by atoms with Gasteiger partial charge >= 0.3 is 5.97 Å². The van der Waals surface area contributed by atoms with E-state index in [2.05, 4.69) is 15.5 Å². The van der Waals surface area contributed by atoms with Crippen molar-refractivity contribution in [1.82, 2.24) is 10.2 Å². The topological polar surface area (TPSA) is 103 Å². The second kappa shape index (κ2) is 7.56. The monoisotopic (exact) mass is 355 g/mol. The average Bonchev–Trinajstić information content (AvgIpc) is 3.13. The highest BCUT2D eigenvalue weighted by molar-refractivity contribution is 5.98. The van der Waals surface area contributed by atoms with Crippen molar-refractivity contribution in [3.05, 3.63) is 48.2 Å². The number of methoxy groups -OCH3 is 2. The van der Waals surface area contributed by atoms with Crippen LogP contribution in [0.5, 0.6) is 11.5 Å². The van der Waals surface area contributed by atoms with Gasteiger partial charge < -0.3 is 19.5 Å². The van der Waals surface area contributed by atoms with E-state index in [1.165, 1.54) is 14.2 Å². The maximum Gasteiger partial charge on any atom is 0.338 e. The van der Waals surface area contributed by atoms with Crippen LogP contribution in [-0.2, 0) is 9.53 Å². The first kappa shape index (κ1) is 17.3. The van der Waals surface area contributed by atoms with E-state index in [9.17, 15) is 9.59 Å². The number of aromatic amines is 1. The summed E-state index contributed by atoms with van der Waals surface area (Å²) < 4.78 is 15.4. The fraction of sp³-hybridized carbons (Fsp3) is 0.167. The second-order valence-electron chi connectivity index (χ2n) is 5.36. The van der Waals surface area contributed by atoms with Crippen molar-refractivity contribution >= 4 is 28.5 Å². The van der Waals surface area contributed by atoms with Crippen LogP contribution in [0.25, 0.3) is 10.9 Å². The summed E-state index contributed by atoms with van der Waals surface area (Å²) in [6.45, 7) is -0.430. The van der Waals surface area contributed by atoms with Gasteiger partial charge in [-0.2, -0.15) is 5.10 Å². The quantitative estimate of drug-likeness (QED) is 0.658. The fourth-order valence-electron chi connectivity index (χ4n) is 2.38.